The Morgan fingerprint density at radius 2 is 1.67 bits per heavy atom. The average molecular weight is 333 g/mol. The van der Waals surface area contributed by atoms with Crippen molar-refractivity contribution in [2.75, 3.05) is 0 Å². The number of aryl methyl sites for hydroxylation is 2. The van der Waals surface area contributed by atoms with Gasteiger partial charge in [-0.2, -0.15) is 4.98 Å². The van der Waals surface area contributed by atoms with Crippen LogP contribution in [0.5, 0.6) is 0 Å². The fraction of sp³-hybridized carbons (Fsp3) is 0.105. The zero-order valence-corrected chi connectivity index (χ0v) is 14.2. The minimum Gasteiger partial charge on any atom is -0.333 e. The quantitative estimate of drug-likeness (QED) is 0.520. The predicted octanol–water partition coefficient (Wildman–Crippen LogP) is 5.14. The van der Waals surface area contributed by atoms with Crippen LogP contribution in [0.2, 0.25) is 0 Å². The molecule has 2 aromatic heterocycles. The lowest BCUT2D eigenvalue weighted by Gasteiger charge is -1.95. The summed E-state index contributed by atoms with van der Waals surface area (Å²) < 4.78 is 5.48. The van der Waals surface area contributed by atoms with Crippen molar-refractivity contribution in [3.63, 3.8) is 0 Å². The van der Waals surface area contributed by atoms with Crippen LogP contribution in [0.25, 0.3) is 32.7 Å². The summed E-state index contributed by atoms with van der Waals surface area (Å²) in [5, 5.41) is 5.08. The first-order valence-electron chi connectivity index (χ1n) is 7.65. The first-order chi connectivity index (χ1) is 11.7. The van der Waals surface area contributed by atoms with Crippen molar-refractivity contribution in [1.29, 1.82) is 0 Å². The van der Waals surface area contributed by atoms with E-state index in [-0.39, 0.29) is 0 Å². The van der Waals surface area contributed by atoms with E-state index in [1.807, 2.05) is 68.4 Å². The van der Waals surface area contributed by atoms with Gasteiger partial charge in [-0.15, -0.1) is 11.3 Å². The maximum Gasteiger partial charge on any atom is 0.270 e. The van der Waals surface area contributed by atoms with Gasteiger partial charge in [-0.25, -0.2) is 4.98 Å². The number of benzene rings is 2. The van der Waals surface area contributed by atoms with Crippen LogP contribution in [0.3, 0.4) is 0 Å². The summed E-state index contributed by atoms with van der Waals surface area (Å²) in [6.07, 6.45) is 0. The summed E-state index contributed by atoms with van der Waals surface area (Å²) in [4.78, 5) is 10.1. The molecule has 0 aliphatic heterocycles. The van der Waals surface area contributed by atoms with Crippen LogP contribution >= 0.6 is 11.3 Å². The van der Waals surface area contributed by atoms with Gasteiger partial charge in [0.05, 0.1) is 5.69 Å². The first kappa shape index (κ1) is 14.8. The number of thiazole rings is 1. The summed E-state index contributed by atoms with van der Waals surface area (Å²) in [6, 6.07) is 18.2. The zero-order chi connectivity index (χ0) is 16.5. The van der Waals surface area contributed by atoms with E-state index in [1.165, 1.54) is 5.56 Å². The van der Waals surface area contributed by atoms with Crippen molar-refractivity contribution in [3.8, 4) is 32.7 Å². The van der Waals surface area contributed by atoms with Gasteiger partial charge in [0.1, 0.15) is 9.88 Å². The molecular weight excluding hydrogens is 318 g/mol. The maximum atomic E-state index is 5.48. The lowest BCUT2D eigenvalue weighted by Crippen LogP contribution is -1.82. The van der Waals surface area contributed by atoms with Crippen LogP contribution in [-0.4, -0.2) is 15.1 Å². The molecule has 5 heteroatoms. The molecule has 0 atom stereocenters. The molecule has 0 unspecified atom stereocenters. The second kappa shape index (κ2) is 6.02. The monoisotopic (exact) mass is 333 g/mol. The van der Waals surface area contributed by atoms with Gasteiger partial charge in [-0.3, -0.25) is 0 Å². The third-order valence-corrected chi connectivity index (χ3v) is 4.91. The largest absolute Gasteiger partial charge is 0.333 e. The summed E-state index contributed by atoms with van der Waals surface area (Å²) in [6.45, 7) is 4.01. The molecule has 0 spiro atoms. The highest BCUT2D eigenvalue weighted by Crippen LogP contribution is 2.35. The molecule has 0 bridgehead atoms. The second-order valence-corrected chi connectivity index (χ2v) is 6.59. The number of aromatic nitrogens is 3. The van der Waals surface area contributed by atoms with Crippen LogP contribution in [0.4, 0.5) is 0 Å². The topological polar surface area (TPSA) is 51.8 Å². The molecule has 0 N–H and O–H groups in total. The molecular formula is C19H15N3OS. The molecule has 0 radical (unpaired) electrons. The van der Waals surface area contributed by atoms with Crippen molar-refractivity contribution in [2.24, 2.45) is 0 Å². The Balaban J connectivity index is 1.72. The molecule has 0 saturated heterocycles. The Bertz CT molecular complexity index is 989. The first-order valence-corrected chi connectivity index (χ1v) is 8.46. The Hall–Kier alpha value is -2.79. The third-order valence-electron chi connectivity index (χ3n) is 3.71. The fourth-order valence-corrected chi connectivity index (χ4v) is 3.51. The van der Waals surface area contributed by atoms with E-state index in [1.54, 1.807) is 11.3 Å². The van der Waals surface area contributed by atoms with Crippen molar-refractivity contribution < 1.29 is 4.52 Å². The van der Waals surface area contributed by atoms with Crippen molar-refractivity contribution >= 4 is 11.3 Å². The second-order valence-electron chi connectivity index (χ2n) is 5.59. The Morgan fingerprint density at radius 1 is 0.875 bits per heavy atom. The van der Waals surface area contributed by atoms with Gasteiger partial charge in [0.2, 0.25) is 5.82 Å². The van der Waals surface area contributed by atoms with E-state index in [9.17, 15) is 0 Å². The van der Waals surface area contributed by atoms with E-state index < -0.39 is 0 Å². The number of hydrogen-bond acceptors (Lipinski definition) is 5. The van der Waals surface area contributed by atoms with Gasteiger partial charge < -0.3 is 4.52 Å². The Kier molecular flexibility index (Phi) is 3.70. The van der Waals surface area contributed by atoms with Crippen molar-refractivity contribution in [2.45, 2.75) is 13.8 Å². The molecule has 4 rings (SSSR count). The highest BCUT2D eigenvalue weighted by atomic mass is 32.1. The Labute approximate surface area is 143 Å². The highest BCUT2D eigenvalue weighted by molar-refractivity contribution is 7.18. The van der Waals surface area contributed by atoms with E-state index in [0.717, 1.165) is 26.7 Å². The SMILES string of the molecule is Cc1cccc(-c2noc(-c3sc(-c4ccccc4)nc3C)n2)c1. The smallest absolute Gasteiger partial charge is 0.270 e. The van der Waals surface area contributed by atoms with E-state index in [2.05, 4.69) is 15.1 Å². The fourth-order valence-electron chi connectivity index (χ4n) is 2.52. The maximum absolute atomic E-state index is 5.48. The lowest BCUT2D eigenvalue weighted by atomic mass is 10.1. The molecule has 0 fully saturated rings. The number of hydrogen-bond donors (Lipinski definition) is 0. The minimum atomic E-state index is 0.517. The standard InChI is InChI=1S/C19H15N3OS/c1-12-7-6-10-15(11-12)17-21-18(23-22-17)16-13(2)20-19(24-16)14-8-4-3-5-9-14/h3-11H,1-2H3. The summed E-state index contributed by atoms with van der Waals surface area (Å²) in [5.41, 5.74) is 4.11. The third kappa shape index (κ3) is 2.74. The van der Waals surface area contributed by atoms with Gasteiger partial charge in [-0.05, 0) is 19.9 Å². The molecule has 0 saturated carbocycles. The van der Waals surface area contributed by atoms with E-state index in [4.69, 9.17) is 4.52 Å². The van der Waals surface area contributed by atoms with Gasteiger partial charge >= 0.3 is 0 Å². The van der Waals surface area contributed by atoms with Gasteiger partial charge in [-0.1, -0.05) is 59.3 Å². The van der Waals surface area contributed by atoms with Crippen LogP contribution in [0.1, 0.15) is 11.3 Å². The Morgan fingerprint density at radius 3 is 2.46 bits per heavy atom. The minimum absolute atomic E-state index is 0.517. The van der Waals surface area contributed by atoms with E-state index in [0.29, 0.717) is 11.7 Å². The molecule has 2 heterocycles. The molecule has 0 aliphatic carbocycles. The van der Waals surface area contributed by atoms with Crippen LogP contribution < -0.4 is 0 Å². The molecule has 0 amide bonds. The normalized spacial score (nSPS) is 10.9. The van der Waals surface area contributed by atoms with Crippen molar-refractivity contribution in [3.05, 3.63) is 65.9 Å². The predicted molar refractivity (Wildman–Crippen MR) is 95.8 cm³/mol. The lowest BCUT2D eigenvalue weighted by molar-refractivity contribution is 0.433. The molecule has 2 aromatic carbocycles. The van der Waals surface area contributed by atoms with Gasteiger partial charge in [0, 0.05) is 11.1 Å². The molecule has 4 nitrogen and oxygen atoms in total. The van der Waals surface area contributed by atoms with Gasteiger partial charge in [0.15, 0.2) is 0 Å². The highest BCUT2D eigenvalue weighted by Gasteiger charge is 2.17. The summed E-state index contributed by atoms with van der Waals surface area (Å²) in [7, 11) is 0. The van der Waals surface area contributed by atoms with Crippen LogP contribution in [-0.2, 0) is 0 Å². The van der Waals surface area contributed by atoms with E-state index >= 15 is 0 Å². The van der Waals surface area contributed by atoms with Gasteiger partial charge in [0.25, 0.3) is 5.89 Å². The molecule has 4 aromatic rings. The summed E-state index contributed by atoms with van der Waals surface area (Å²) in [5.74, 6) is 1.12. The average Bonchev–Trinajstić information content (AvgIpc) is 3.22. The zero-order valence-electron chi connectivity index (χ0n) is 13.4. The van der Waals surface area contributed by atoms with Crippen LogP contribution in [0.15, 0.2) is 59.1 Å². The molecule has 24 heavy (non-hydrogen) atoms. The number of nitrogens with zero attached hydrogens (tertiary/aromatic N) is 3. The number of rotatable bonds is 3. The van der Waals surface area contributed by atoms with Crippen molar-refractivity contribution in [1.82, 2.24) is 15.1 Å². The molecule has 118 valence electrons. The van der Waals surface area contributed by atoms with Crippen LogP contribution in [0, 0.1) is 13.8 Å². The summed E-state index contributed by atoms with van der Waals surface area (Å²) >= 11 is 1.57. The molecule has 0 aliphatic rings.